The lowest BCUT2D eigenvalue weighted by atomic mass is 9.70. The maximum atomic E-state index is 5.20. The third-order valence-electron chi connectivity index (χ3n) is 4.00. The number of rotatable bonds is 2. The maximum absolute atomic E-state index is 5.20. The summed E-state index contributed by atoms with van der Waals surface area (Å²) in [5.74, 6) is 0.830. The van der Waals surface area contributed by atoms with Gasteiger partial charge in [-0.15, -0.1) is 11.3 Å². The fourth-order valence-electron chi connectivity index (χ4n) is 2.36. The van der Waals surface area contributed by atoms with Gasteiger partial charge in [-0.1, -0.05) is 27.2 Å². The molecule has 0 aromatic carbocycles. The van der Waals surface area contributed by atoms with Gasteiger partial charge in [-0.3, -0.25) is 0 Å². The number of thiazole rings is 1. The fourth-order valence-corrected chi connectivity index (χ4v) is 3.74. The molecule has 0 fully saturated rings. The van der Waals surface area contributed by atoms with Crippen molar-refractivity contribution in [3.8, 4) is 0 Å². The van der Waals surface area contributed by atoms with E-state index in [9.17, 15) is 0 Å². The highest BCUT2D eigenvalue weighted by atomic mass is 32.1. The molecule has 0 bridgehead atoms. The Morgan fingerprint density at radius 2 is 2.27 bits per heavy atom. The Labute approximate surface area is 101 Å². The van der Waals surface area contributed by atoms with E-state index in [1.54, 1.807) is 11.3 Å². The molecule has 1 heterocycles. The van der Waals surface area contributed by atoms with E-state index in [0.717, 1.165) is 9.87 Å². The van der Waals surface area contributed by atoms with Crippen LogP contribution in [0.3, 0.4) is 0 Å². The van der Waals surface area contributed by atoms with E-state index < -0.39 is 0 Å². The molecule has 1 unspecified atom stereocenters. The molecule has 0 aliphatic heterocycles. The van der Waals surface area contributed by atoms with Crippen LogP contribution >= 0.6 is 23.6 Å². The van der Waals surface area contributed by atoms with Gasteiger partial charge in [-0.05, 0) is 42.8 Å². The number of aromatic amines is 1. The molecule has 1 nitrogen and oxygen atoms in total. The van der Waals surface area contributed by atoms with Gasteiger partial charge in [0, 0.05) is 10.6 Å². The first-order valence-corrected chi connectivity index (χ1v) is 6.96. The summed E-state index contributed by atoms with van der Waals surface area (Å²) in [6, 6.07) is 0. The van der Waals surface area contributed by atoms with E-state index in [4.69, 9.17) is 12.2 Å². The minimum Gasteiger partial charge on any atom is -0.341 e. The van der Waals surface area contributed by atoms with Crippen molar-refractivity contribution in [3.05, 3.63) is 14.5 Å². The van der Waals surface area contributed by atoms with E-state index in [-0.39, 0.29) is 0 Å². The number of aryl methyl sites for hydroxylation is 1. The molecule has 1 aliphatic carbocycles. The second-order valence-electron chi connectivity index (χ2n) is 5.20. The molecule has 1 atom stereocenters. The van der Waals surface area contributed by atoms with Crippen LogP contribution in [0.1, 0.15) is 44.2 Å². The third-order valence-corrected chi connectivity index (χ3v) is 5.30. The van der Waals surface area contributed by atoms with E-state index in [1.165, 1.54) is 36.3 Å². The SMILES string of the molecule is CCC(C)(C)C1CCc2[nH]c(=S)sc2C1. The quantitative estimate of drug-likeness (QED) is 0.761. The highest BCUT2D eigenvalue weighted by molar-refractivity contribution is 7.73. The zero-order valence-electron chi connectivity index (χ0n) is 9.72. The molecule has 15 heavy (non-hydrogen) atoms. The predicted octanol–water partition coefficient (Wildman–Crippen LogP) is 4.35. The molecular weight excluding hydrogens is 222 g/mol. The molecule has 0 saturated carbocycles. The summed E-state index contributed by atoms with van der Waals surface area (Å²) < 4.78 is 0.954. The monoisotopic (exact) mass is 241 g/mol. The molecule has 1 aromatic heterocycles. The predicted molar refractivity (Wildman–Crippen MR) is 69.1 cm³/mol. The zero-order chi connectivity index (χ0) is 11.1. The first-order valence-electron chi connectivity index (χ1n) is 5.74. The van der Waals surface area contributed by atoms with Crippen LogP contribution in [0.4, 0.5) is 0 Å². The van der Waals surface area contributed by atoms with E-state index in [1.807, 2.05) is 0 Å². The Balaban J connectivity index is 2.22. The topological polar surface area (TPSA) is 15.8 Å². The van der Waals surface area contributed by atoms with Gasteiger partial charge in [0.15, 0.2) is 3.95 Å². The van der Waals surface area contributed by atoms with Gasteiger partial charge >= 0.3 is 0 Å². The molecule has 0 saturated heterocycles. The Bertz CT molecular complexity index is 400. The molecule has 2 rings (SSSR count). The second kappa shape index (κ2) is 4.02. The molecule has 0 spiro atoms. The zero-order valence-corrected chi connectivity index (χ0v) is 11.4. The van der Waals surface area contributed by atoms with Gasteiger partial charge in [0.2, 0.25) is 0 Å². The fraction of sp³-hybridized carbons (Fsp3) is 0.750. The first-order chi connectivity index (χ1) is 7.03. The number of H-pyrrole nitrogens is 1. The van der Waals surface area contributed by atoms with Gasteiger partial charge in [0.05, 0.1) is 0 Å². The Hall–Kier alpha value is -0.150. The minimum atomic E-state index is 0.475. The van der Waals surface area contributed by atoms with Crippen molar-refractivity contribution in [2.24, 2.45) is 11.3 Å². The Kier molecular flexibility index (Phi) is 3.04. The molecule has 3 heteroatoms. The van der Waals surface area contributed by atoms with Gasteiger partial charge in [-0.2, -0.15) is 0 Å². The smallest absolute Gasteiger partial charge is 0.158 e. The Morgan fingerprint density at radius 3 is 2.93 bits per heavy atom. The van der Waals surface area contributed by atoms with Gasteiger partial charge in [0.1, 0.15) is 0 Å². The summed E-state index contributed by atoms with van der Waals surface area (Å²) in [6.45, 7) is 7.09. The van der Waals surface area contributed by atoms with Crippen LogP contribution in [-0.2, 0) is 12.8 Å². The number of aromatic nitrogens is 1. The van der Waals surface area contributed by atoms with Gasteiger partial charge in [-0.25, -0.2) is 0 Å². The van der Waals surface area contributed by atoms with Crippen molar-refractivity contribution in [2.75, 3.05) is 0 Å². The minimum absolute atomic E-state index is 0.475. The van der Waals surface area contributed by atoms with E-state index in [2.05, 4.69) is 25.8 Å². The van der Waals surface area contributed by atoms with E-state index in [0.29, 0.717) is 5.41 Å². The summed E-state index contributed by atoms with van der Waals surface area (Å²) in [6.07, 6.45) is 5.00. The lowest BCUT2D eigenvalue weighted by Crippen LogP contribution is -2.28. The van der Waals surface area contributed by atoms with Gasteiger partial charge < -0.3 is 4.98 Å². The summed E-state index contributed by atoms with van der Waals surface area (Å²) in [4.78, 5) is 4.83. The summed E-state index contributed by atoms with van der Waals surface area (Å²) in [5, 5.41) is 0. The lowest BCUT2D eigenvalue weighted by Gasteiger charge is -2.35. The standard InChI is InChI=1S/C12H19NS2/c1-4-12(2,3)8-5-6-9-10(7-8)15-11(14)13-9/h8H,4-7H2,1-3H3,(H,13,14). The van der Waals surface area contributed by atoms with Crippen molar-refractivity contribution in [2.45, 2.75) is 46.5 Å². The molecule has 1 N–H and O–H groups in total. The second-order valence-corrected chi connectivity index (χ2v) is 6.97. The number of hydrogen-bond acceptors (Lipinski definition) is 2. The molecule has 84 valence electrons. The average Bonchev–Trinajstić information content (AvgIpc) is 2.56. The van der Waals surface area contributed by atoms with Gasteiger partial charge in [0.25, 0.3) is 0 Å². The van der Waals surface area contributed by atoms with Crippen LogP contribution in [0.2, 0.25) is 0 Å². The third kappa shape index (κ3) is 2.18. The first kappa shape index (κ1) is 11.3. The summed E-state index contributed by atoms with van der Waals surface area (Å²) >= 11 is 6.98. The van der Waals surface area contributed by atoms with Crippen LogP contribution in [0.5, 0.6) is 0 Å². The number of fused-ring (bicyclic) bond motifs is 1. The van der Waals surface area contributed by atoms with Crippen molar-refractivity contribution >= 4 is 23.6 Å². The number of nitrogens with one attached hydrogen (secondary N) is 1. The average molecular weight is 241 g/mol. The van der Waals surface area contributed by atoms with Crippen molar-refractivity contribution in [3.63, 3.8) is 0 Å². The molecular formula is C12H19NS2. The van der Waals surface area contributed by atoms with Crippen molar-refractivity contribution in [1.82, 2.24) is 4.98 Å². The summed E-state index contributed by atoms with van der Waals surface area (Å²) in [7, 11) is 0. The van der Waals surface area contributed by atoms with E-state index >= 15 is 0 Å². The van der Waals surface area contributed by atoms with Crippen LogP contribution in [0.25, 0.3) is 0 Å². The van der Waals surface area contributed by atoms with Crippen LogP contribution in [-0.4, -0.2) is 4.98 Å². The largest absolute Gasteiger partial charge is 0.341 e. The van der Waals surface area contributed by atoms with Crippen LogP contribution < -0.4 is 0 Å². The van der Waals surface area contributed by atoms with Crippen LogP contribution in [0, 0.1) is 15.3 Å². The van der Waals surface area contributed by atoms with Crippen LogP contribution in [0.15, 0.2) is 0 Å². The normalized spacial score (nSPS) is 21.4. The highest BCUT2D eigenvalue weighted by Gasteiger charge is 2.31. The van der Waals surface area contributed by atoms with Crippen molar-refractivity contribution in [1.29, 1.82) is 0 Å². The Morgan fingerprint density at radius 1 is 1.53 bits per heavy atom. The van der Waals surface area contributed by atoms with Crippen molar-refractivity contribution < 1.29 is 0 Å². The molecule has 0 radical (unpaired) electrons. The molecule has 0 amide bonds. The molecule has 1 aromatic rings. The summed E-state index contributed by atoms with van der Waals surface area (Å²) in [5.41, 5.74) is 1.89. The maximum Gasteiger partial charge on any atom is 0.158 e. The number of hydrogen-bond donors (Lipinski definition) is 1. The lowest BCUT2D eigenvalue weighted by molar-refractivity contribution is 0.183. The molecule has 1 aliphatic rings. The highest BCUT2D eigenvalue weighted by Crippen LogP contribution is 2.40.